The van der Waals surface area contributed by atoms with E-state index < -0.39 is 0 Å². The molecule has 0 bridgehead atoms. The normalized spacial score (nSPS) is 21.6. The van der Waals surface area contributed by atoms with Gasteiger partial charge in [0.05, 0.1) is 6.04 Å². The minimum Gasteiger partial charge on any atom is -0.349 e. The van der Waals surface area contributed by atoms with Gasteiger partial charge >= 0.3 is 0 Å². The molecule has 1 aromatic rings. The third-order valence-corrected chi connectivity index (χ3v) is 6.15. The van der Waals surface area contributed by atoms with Crippen molar-refractivity contribution in [3.8, 4) is 0 Å². The average molecular weight is 364 g/mol. The zero-order chi connectivity index (χ0) is 17.6. The highest BCUT2D eigenvalue weighted by Gasteiger charge is 2.29. The van der Waals surface area contributed by atoms with Gasteiger partial charge in [-0.15, -0.1) is 0 Å². The van der Waals surface area contributed by atoms with Crippen LogP contribution in [0, 0.1) is 0 Å². The lowest BCUT2D eigenvalue weighted by Crippen LogP contribution is -2.52. The van der Waals surface area contributed by atoms with Gasteiger partial charge in [-0.05, 0) is 57.1 Å². The monoisotopic (exact) mass is 363 g/mol. The van der Waals surface area contributed by atoms with Gasteiger partial charge in [-0.1, -0.05) is 12.8 Å². The van der Waals surface area contributed by atoms with E-state index in [2.05, 4.69) is 17.1 Å². The third-order valence-electron chi connectivity index (χ3n) is 5.47. The highest BCUT2D eigenvalue weighted by molar-refractivity contribution is 7.08. The van der Waals surface area contributed by atoms with Crippen LogP contribution in [-0.4, -0.2) is 59.9 Å². The Morgan fingerprint density at radius 2 is 1.80 bits per heavy atom. The average Bonchev–Trinajstić information content (AvgIpc) is 3.04. The third kappa shape index (κ3) is 4.82. The van der Waals surface area contributed by atoms with Gasteiger partial charge in [-0.3, -0.25) is 14.5 Å². The van der Waals surface area contributed by atoms with Crippen LogP contribution in [0.15, 0.2) is 16.8 Å². The quantitative estimate of drug-likeness (QED) is 0.895. The summed E-state index contributed by atoms with van der Waals surface area (Å²) in [7, 11) is 0. The first-order valence-corrected chi connectivity index (χ1v) is 10.5. The summed E-state index contributed by atoms with van der Waals surface area (Å²) in [6, 6.07) is 2.00. The molecular weight excluding hydrogens is 334 g/mol. The highest BCUT2D eigenvalue weighted by atomic mass is 32.1. The minimum absolute atomic E-state index is 0.00367. The number of hydrogen-bond donors (Lipinski definition) is 1. The fraction of sp³-hybridized carbons (Fsp3) is 0.684. The summed E-state index contributed by atoms with van der Waals surface area (Å²) in [4.78, 5) is 29.3. The largest absolute Gasteiger partial charge is 0.349 e. The van der Waals surface area contributed by atoms with Crippen LogP contribution in [0.2, 0.25) is 0 Å². The Morgan fingerprint density at radius 1 is 1.12 bits per heavy atom. The number of carbonyl (C=O) groups excluding carboxylic acids is 2. The Labute approximate surface area is 154 Å². The first kappa shape index (κ1) is 18.4. The Kier molecular flexibility index (Phi) is 6.48. The van der Waals surface area contributed by atoms with Crippen LogP contribution in [-0.2, 0) is 4.79 Å². The summed E-state index contributed by atoms with van der Waals surface area (Å²) >= 11 is 1.53. The van der Waals surface area contributed by atoms with Crippen LogP contribution in [0.25, 0.3) is 0 Å². The molecule has 0 unspecified atom stereocenters. The van der Waals surface area contributed by atoms with E-state index in [0.717, 1.165) is 44.6 Å². The van der Waals surface area contributed by atoms with Crippen LogP contribution in [0.1, 0.15) is 55.8 Å². The molecule has 0 radical (unpaired) electrons. The second kappa shape index (κ2) is 8.81. The van der Waals surface area contributed by atoms with E-state index in [-0.39, 0.29) is 23.9 Å². The second-order valence-corrected chi connectivity index (χ2v) is 7.99. The second-order valence-electron chi connectivity index (χ2n) is 7.21. The van der Waals surface area contributed by atoms with Crippen molar-refractivity contribution in [1.82, 2.24) is 15.1 Å². The fourth-order valence-electron chi connectivity index (χ4n) is 3.81. The van der Waals surface area contributed by atoms with Crippen molar-refractivity contribution in [2.24, 2.45) is 0 Å². The molecule has 138 valence electrons. The van der Waals surface area contributed by atoms with Crippen molar-refractivity contribution in [3.05, 3.63) is 22.4 Å². The van der Waals surface area contributed by atoms with Crippen molar-refractivity contribution in [2.75, 3.05) is 26.2 Å². The molecule has 3 heterocycles. The molecule has 25 heavy (non-hydrogen) atoms. The number of nitrogens with one attached hydrogen (secondary N) is 1. The maximum Gasteiger partial charge on any atom is 0.252 e. The molecule has 2 amide bonds. The summed E-state index contributed by atoms with van der Waals surface area (Å²) in [5.41, 5.74) is 0.735. The molecule has 0 aliphatic carbocycles. The smallest absolute Gasteiger partial charge is 0.252 e. The lowest BCUT2D eigenvalue weighted by molar-refractivity contribution is -0.137. The van der Waals surface area contributed by atoms with Gasteiger partial charge in [0.2, 0.25) is 5.91 Å². The number of thiophene rings is 1. The Hall–Kier alpha value is -1.40. The molecule has 1 N–H and O–H groups in total. The van der Waals surface area contributed by atoms with Crippen LogP contribution >= 0.6 is 11.3 Å². The predicted octanol–water partition coefficient (Wildman–Crippen LogP) is 2.73. The number of hydrogen-bond acceptors (Lipinski definition) is 4. The minimum atomic E-state index is -0.0185. The van der Waals surface area contributed by atoms with E-state index in [1.165, 1.54) is 37.0 Å². The molecule has 2 aliphatic rings. The van der Waals surface area contributed by atoms with E-state index in [1.807, 2.05) is 21.7 Å². The zero-order valence-electron chi connectivity index (χ0n) is 15.1. The Bertz CT molecular complexity index is 559. The zero-order valence-corrected chi connectivity index (χ0v) is 15.9. The Morgan fingerprint density at radius 3 is 2.40 bits per heavy atom. The molecule has 6 heteroatoms. The van der Waals surface area contributed by atoms with Crippen molar-refractivity contribution < 1.29 is 9.59 Å². The van der Waals surface area contributed by atoms with E-state index in [9.17, 15) is 9.59 Å². The molecule has 2 aliphatic heterocycles. The molecule has 3 rings (SSSR count). The number of likely N-dealkylation sites (tertiary alicyclic amines) is 2. The first-order chi connectivity index (χ1) is 12.1. The lowest BCUT2D eigenvalue weighted by Gasteiger charge is -2.36. The van der Waals surface area contributed by atoms with Crippen molar-refractivity contribution in [2.45, 2.75) is 57.5 Å². The van der Waals surface area contributed by atoms with E-state index in [1.54, 1.807) is 0 Å². The summed E-state index contributed by atoms with van der Waals surface area (Å²) in [5, 5.41) is 6.89. The van der Waals surface area contributed by atoms with Gasteiger partial charge in [0.1, 0.15) is 0 Å². The van der Waals surface area contributed by atoms with Gasteiger partial charge in [-0.2, -0.15) is 11.3 Å². The summed E-state index contributed by atoms with van der Waals surface area (Å²) in [6.45, 7) is 5.62. The standard InChI is InChI=1S/C19H29N3O2S/c1-15(21-9-4-2-3-5-10-21)19(24)22-11-6-17(7-12-22)20-18(23)16-8-13-25-14-16/h8,13-15,17H,2-7,9-12H2,1H3,(H,20,23)/t15-/m1/s1. The molecule has 2 fully saturated rings. The van der Waals surface area contributed by atoms with E-state index in [4.69, 9.17) is 0 Å². The SMILES string of the molecule is C[C@H](C(=O)N1CCC(NC(=O)c2ccsc2)CC1)N1CCCCCC1. The van der Waals surface area contributed by atoms with Gasteiger partial charge in [0.15, 0.2) is 0 Å². The number of rotatable bonds is 4. The molecular formula is C19H29N3O2S. The molecule has 1 aromatic heterocycles. The fourth-order valence-corrected chi connectivity index (χ4v) is 4.45. The van der Waals surface area contributed by atoms with Crippen LogP contribution in [0.5, 0.6) is 0 Å². The van der Waals surface area contributed by atoms with Gasteiger partial charge < -0.3 is 10.2 Å². The number of piperidine rings is 1. The van der Waals surface area contributed by atoms with Gasteiger partial charge in [0.25, 0.3) is 5.91 Å². The van der Waals surface area contributed by atoms with E-state index >= 15 is 0 Å². The van der Waals surface area contributed by atoms with Crippen molar-refractivity contribution in [3.63, 3.8) is 0 Å². The maximum absolute atomic E-state index is 12.8. The Balaban J connectivity index is 1.46. The molecule has 1 atom stereocenters. The molecule has 0 spiro atoms. The summed E-state index contributed by atoms with van der Waals surface area (Å²) in [6.07, 6.45) is 6.66. The van der Waals surface area contributed by atoms with E-state index in [0.29, 0.717) is 0 Å². The van der Waals surface area contributed by atoms with Gasteiger partial charge in [-0.25, -0.2) is 0 Å². The lowest BCUT2D eigenvalue weighted by atomic mass is 10.0. The number of nitrogens with zero attached hydrogens (tertiary/aromatic N) is 2. The predicted molar refractivity (Wildman–Crippen MR) is 101 cm³/mol. The van der Waals surface area contributed by atoms with Crippen LogP contribution in [0.4, 0.5) is 0 Å². The van der Waals surface area contributed by atoms with Crippen molar-refractivity contribution >= 4 is 23.2 Å². The van der Waals surface area contributed by atoms with Gasteiger partial charge in [0, 0.05) is 30.1 Å². The first-order valence-electron chi connectivity index (χ1n) is 9.51. The van der Waals surface area contributed by atoms with Crippen LogP contribution < -0.4 is 5.32 Å². The number of amides is 2. The highest BCUT2D eigenvalue weighted by Crippen LogP contribution is 2.17. The van der Waals surface area contributed by atoms with Crippen molar-refractivity contribution in [1.29, 1.82) is 0 Å². The molecule has 0 aromatic carbocycles. The van der Waals surface area contributed by atoms with Crippen LogP contribution in [0.3, 0.4) is 0 Å². The summed E-state index contributed by atoms with van der Waals surface area (Å²) in [5.74, 6) is 0.258. The molecule has 5 nitrogen and oxygen atoms in total. The maximum atomic E-state index is 12.8. The summed E-state index contributed by atoms with van der Waals surface area (Å²) < 4.78 is 0. The molecule has 2 saturated heterocycles. The number of carbonyl (C=O) groups is 2. The molecule has 0 saturated carbocycles. The topological polar surface area (TPSA) is 52.7 Å².